The van der Waals surface area contributed by atoms with Crippen LogP contribution < -0.4 is 5.32 Å². The van der Waals surface area contributed by atoms with Crippen molar-refractivity contribution in [2.75, 3.05) is 18.1 Å². The Morgan fingerprint density at radius 1 is 1.41 bits per heavy atom. The van der Waals surface area contributed by atoms with Gasteiger partial charge in [-0.25, -0.2) is 14.2 Å². The van der Waals surface area contributed by atoms with Crippen LogP contribution in [0.4, 0.5) is 20.6 Å². The lowest BCUT2D eigenvalue weighted by molar-refractivity contribution is -0.387. The van der Waals surface area contributed by atoms with Gasteiger partial charge in [-0.15, -0.1) is 11.8 Å². The molecule has 1 aromatic carbocycles. The Labute approximate surface area is 211 Å². The first-order valence-corrected chi connectivity index (χ1v) is 13.2. The van der Waals surface area contributed by atoms with Crippen LogP contribution in [0.2, 0.25) is 0 Å². The molecule has 2 aliphatic heterocycles. The lowest BCUT2D eigenvalue weighted by atomic mass is 9.79. The lowest BCUT2D eigenvalue weighted by Gasteiger charge is -2.38. The normalized spacial score (nSPS) is 21.0. The van der Waals surface area contributed by atoms with E-state index in [9.17, 15) is 14.9 Å². The summed E-state index contributed by atoms with van der Waals surface area (Å²) in [7, 11) is 0. The third kappa shape index (κ3) is 4.68. The maximum atomic E-state index is 15.0. The Morgan fingerprint density at radius 3 is 2.62 bits per heavy atom. The maximum absolute atomic E-state index is 15.0. The van der Waals surface area contributed by atoms with E-state index >= 15 is 4.39 Å². The first kappa shape index (κ1) is 26.5. The number of aromatic nitrogens is 1. The number of amides is 1. The highest BCUT2D eigenvalue weighted by molar-refractivity contribution is 9.10. The molecule has 2 saturated heterocycles. The fourth-order valence-electron chi connectivity index (χ4n) is 4.42. The number of hydrogen-bond donors (Lipinski definition) is 1. The molecule has 11 heteroatoms. The van der Waals surface area contributed by atoms with Gasteiger partial charge in [-0.05, 0) is 67.9 Å². The minimum absolute atomic E-state index is 0.0654. The topological polar surface area (TPSA) is 97.6 Å². The number of carbonyl (C=O) groups is 1. The van der Waals surface area contributed by atoms with Crippen molar-refractivity contribution in [2.45, 2.75) is 70.7 Å². The first-order valence-electron chi connectivity index (χ1n) is 11.2. The van der Waals surface area contributed by atoms with Gasteiger partial charge in [-0.1, -0.05) is 13.8 Å². The number of hydrogen-bond acceptors (Lipinski definition) is 7. The molecule has 0 radical (unpaired) electrons. The molecule has 2 bridgehead atoms. The van der Waals surface area contributed by atoms with E-state index in [1.54, 1.807) is 24.1 Å². The highest BCUT2D eigenvalue weighted by atomic mass is 79.9. The van der Waals surface area contributed by atoms with E-state index in [0.29, 0.717) is 17.5 Å². The molecule has 1 saturated carbocycles. The molecule has 3 unspecified atom stereocenters. The molecular weight excluding hydrogens is 527 g/mol. The van der Waals surface area contributed by atoms with Crippen LogP contribution in [0, 0.1) is 28.8 Å². The third-order valence-corrected chi connectivity index (χ3v) is 7.54. The van der Waals surface area contributed by atoms with Crippen molar-refractivity contribution in [2.24, 2.45) is 5.92 Å². The number of pyridine rings is 1. The van der Waals surface area contributed by atoms with Gasteiger partial charge in [0.1, 0.15) is 16.8 Å². The summed E-state index contributed by atoms with van der Waals surface area (Å²) in [6.07, 6.45) is 2.07. The van der Waals surface area contributed by atoms with Gasteiger partial charge >= 0.3 is 11.8 Å². The van der Waals surface area contributed by atoms with Crippen molar-refractivity contribution in [3.8, 4) is 0 Å². The summed E-state index contributed by atoms with van der Waals surface area (Å²) in [5, 5.41) is 15.8. The summed E-state index contributed by atoms with van der Waals surface area (Å²) >= 11 is 4.33. The SMILES string of the molecule is CC.CSc1nc2c(F)c(Br)c(C)cc2c(NC2C3CC2N(C(=O)OC(C)(C)C)C3)c1[N+](=O)[O-]. The molecule has 3 atom stereocenters. The van der Waals surface area contributed by atoms with E-state index in [2.05, 4.69) is 26.2 Å². The van der Waals surface area contributed by atoms with Crippen molar-refractivity contribution in [3.05, 3.63) is 32.0 Å². The van der Waals surface area contributed by atoms with Gasteiger partial charge in [0.15, 0.2) is 10.8 Å². The molecule has 3 aliphatic rings. The van der Waals surface area contributed by atoms with E-state index in [1.807, 2.05) is 34.6 Å². The molecule has 1 amide bonds. The standard InChI is InChI=1S/C21H24BrFN4O4S.C2H6/c1-9-6-11-16(14(23)13(9)22)25-19(32-5)18(27(29)30)17(11)24-15-10-7-12(15)26(8-10)20(28)31-21(2,3)4;1-2/h6,10,12,15H,7-8H2,1-5H3,(H,24,25);1-2H3. The minimum atomic E-state index is -0.608. The number of halogens is 2. The number of fused-ring (bicyclic) bond motifs is 2. The predicted molar refractivity (Wildman–Crippen MR) is 136 cm³/mol. The van der Waals surface area contributed by atoms with Gasteiger partial charge in [0, 0.05) is 17.8 Å². The molecule has 5 rings (SSSR count). The lowest BCUT2D eigenvalue weighted by Crippen LogP contribution is -2.50. The summed E-state index contributed by atoms with van der Waals surface area (Å²) in [6.45, 7) is 11.7. The van der Waals surface area contributed by atoms with Crippen molar-refractivity contribution in [1.29, 1.82) is 0 Å². The summed E-state index contributed by atoms with van der Waals surface area (Å²) in [6, 6.07) is 1.37. The number of nitro groups is 1. The zero-order valence-electron chi connectivity index (χ0n) is 20.4. The molecule has 1 aliphatic carbocycles. The molecule has 1 aromatic heterocycles. The highest BCUT2D eigenvalue weighted by Gasteiger charge is 2.55. The van der Waals surface area contributed by atoms with Crippen LogP contribution in [0.1, 0.15) is 46.6 Å². The Morgan fingerprint density at radius 2 is 2.06 bits per heavy atom. The van der Waals surface area contributed by atoms with E-state index in [4.69, 9.17) is 4.74 Å². The second-order valence-corrected chi connectivity index (χ2v) is 10.8. The second kappa shape index (κ2) is 9.85. The number of aryl methyl sites for hydroxylation is 1. The molecule has 3 fully saturated rings. The van der Waals surface area contributed by atoms with Crippen molar-refractivity contribution >= 4 is 56.1 Å². The van der Waals surface area contributed by atoms with Gasteiger partial charge in [0.05, 0.1) is 21.5 Å². The number of ether oxygens (including phenoxy) is 1. The van der Waals surface area contributed by atoms with Crippen LogP contribution in [0.15, 0.2) is 15.6 Å². The predicted octanol–water partition coefficient (Wildman–Crippen LogP) is 6.52. The number of nitrogens with zero attached hydrogens (tertiary/aromatic N) is 3. The molecule has 8 nitrogen and oxygen atoms in total. The van der Waals surface area contributed by atoms with Crippen molar-refractivity contribution < 1.29 is 18.8 Å². The first-order chi connectivity index (χ1) is 15.9. The van der Waals surface area contributed by atoms with Crippen LogP contribution >= 0.6 is 27.7 Å². The number of rotatable bonds is 4. The van der Waals surface area contributed by atoms with E-state index in [1.165, 1.54) is 0 Å². The molecule has 0 spiro atoms. The van der Waals surface area contributed by atoms with Crippen LogP contribution in [-0.2, 0) is 4.74 Å². The Kier molecular flexibility index (Phi) is 7.66. The summed E-state index contributed by atoms with van der Waals surface area (Å²) in [4.78, 5) is 30.1. The average molecular weight is 557 g/mol. The maximum Gasteiger partial charge on any atom is 0.410 e. The fraction of sp³-hybridized carbons (Fsp3) is 0.565. The average Bonchev–Trinajstić information content (AvgIpc) is 3.36. The summed E-state index contributed by atoms with van der Waals surface area (Å²) < 4.78 is 20.8. The largest absolute Gasteiger partial charge is 0.444 e. The van der Waals surface area contributed by atoms with E-state index in [-0.39, 0.29) is 50.5 Å². The molecule has 186 valence electrons. The van der Waals surface area contributed by atoms with Crippen molar-refractivity contribution in [3.63, 3.8) is 0 Å². The summed E-state index contributed by atoms with van der Waals surface area (Å²) in [5.41, 5.74) is 0.127. The number of benzene rings is 1. The van der Waals surface area contributed by atoms with E-state index in [0.717, 1.165) is 18.2 Å². The monoisotopic (exact) mass is 556 g/mol. The van der Waals surface area contributed by atoms with Crippen molar-refractivity contribution in [1.82, 2.24) is 9.88 Å². The number of anilines is 1. The smallest absolute Gasteiger partial charge is 0.410 e. The second-order valence-electron chi connectivity index (χ2n) is 9.19. The minimum Gasteiger partial charge on any atom is -0.444 e. The van der Waals surface area contributed by atoms with Gasteiger partial charge in [0.25, 0.3) is 0 Å². The molecule has 1 N–H and O–H groups in total. The van der Waals surface area contributed by atoms with Gasteiger partial charge in [-0.2, -0.15) is 0 Å². The Bertz CT molecular complexity index is 1140. The van der Waals surface area contributed by atoms with E-state index < -0.39 is 16.3 Å². The quantitative estimate of drug-likeness (QED) is 0.260. The highest BCUT2D eigenvalue weighted by Crippen LogP contribution is 2.47. The van der Waals surface area contributed by atoms with Gasteiger partial charge in [0.2, 0.25) is 0 Å². The zero-order valence-corrected chi connectivity index (χ0v) is 22.8. The molecular formula is C23H30BrFN4O4S. The number of carbonyl (C=O) groups excluding carboxylic acids is 1. The van der Waals surface area contributed by atoms with Gasteiger partial charge < -0.3 is 15.0 Å². The van der Waals surface area contributed by atoms with Gasteiger partial charge in [-0.3, -0.25) is 10.1 Å². The number of nitrogens with one attached hydrogen (secondary N) is 1. The van der Waals surface area contributed by atoms with Crippen LogP contribution in [0.25, 0.3) is 10.9 Å². The Balaban J connectivity index is 0.00000158. The Hall–Kier alpha value is -2.14. The number of thioether (sulfide) groups is 1. The van der Waals surface area contributed by atoms with Crippen LogP contribution in [0.3, 0.4) is 0 Å². The van der Waals surface area contributed by atoms with Crippen LogP contribution in [-0.4, -0.2) is 51.4 Å². The molecule has 34 heavy (non-hydrogen) atoms. The summed E-state index contributed by atoms with van der Waals surface area (Å²) in [5.74, 6) is -0.422. The van der Waals surface area contributed by atoms with Crippen LogP contribution in [0.5, 0.6) is 0 Å². The fourth-order valence-corrected chi connectivity index (χ4v) is 5.28. The molecule has 3 heterocycles. The zero-order chi connectivity index (χ0) is 25.5. The third-order valence-electron chi connectivity index (χ3n) is 5.90. The molecule has 2 aromatic rings.